The molecule has 1 aromatic rings. The number of benzene rings is 1. The Labute approximate surface area is 119 Å². The number of amides is 1. The quantitative estimate of drug-likeness (QED) is 0.899. The van der Waals surface area contributed by atoms with E-state index in [1.165, 1.54) is 5.56 Å². The standard InChI is InChI=1S/C15H21ClN2O/c1-11(2)17-14-9-15(19)18(10-14)7-6-12-4-3-5-13(16)8-12/h3-5,8,11,14,17H,6-7,9-10H2,1-2H3/t14-/m0/s1. The molecule has 0 saturated carbocycles. The summed E-state index contributed by atoms with van der Waals surface area (Å²) in [6.07, 6.45) is 1.48. The number of likely N-dealkylation sites (tertiary alicyclic amines) is 1. The molecule has 0 aromatic heterocycles. The van der Waals surface area contributed by atoms with Crippen LogP contribution in [0.15, 0.2) is 24.3 Å². The molecular weight excluding hydrogens is 260 g/mol. The van der Waals surface area contributed by atoms with Crippen LogP contribution in [0.1, 0.15) is 25.8 Å². The van der Waals surface area contributed by atoms with Gasteiger partial charge in [-0.05, 0) is 24.1 Å². The third kappa shape index (κ3) is 4.22. The van der Waals surface area contributed by atoms with Gasteiger partial charge < -0.3 is 10.2 Å². The first kappa shape index (κ1) is 14.4. The number of halogens is 1. The predicted octanol–water partition coefficient (Wildman–Crippen LogP) is 2.48. The van der Waals surface area contributed by atoms with Crippen molar-refractivity contribution in [1.82, 2.24) is 10.2 Å². The summed E-state index contributed by atoms with van der Waals surface area (Å²) in [6, 6.07) is 8.56. The molecule has 3 nitrogen and oxygen atoms in total. The molecule has 1 saturated heterocycles. The van der Waals surface area contributed by atoms with Crippen molar-refractivity contribution in [2.24, 2.45) is 0 Å². The number of carbonyl (C=O) groups is 1. The maximum atomic E-state index is 11.9. The van der Waals surface area contributed by atoms with Crippen molar-refractivity contribution < 1.29 is 4.79 Å². The Morgan fingerprint density at radius 2 is 2.26 bits per heavy atom. The second kappa shape index (κ2) is 6.40. The maximum Gasteiger partial charge on any atom is 0.224 e. The molecule has 104 valence electrons. The lowest BCUT2D eigenvalue weighted by molar-refractivity contribution is -0.127. The Bertz CT molecular complexity index is 448. The predicted molar refractivity (Wildman–Crippen MR) is 78.4 cm³/mol. The summed E-state index contributed by atoms with van der Waals surface area (Å²) in [7, 11) is 0. The minimum absolute atomic E-state index is 0.250. The Morgan fingerprint density at radius 1 is 1.47 bits per heavy atom. The second-order valence-corrected chi connectivity index (χ2v) is 5.88. The molecule has 1 heterocycles. The molecule has 1 aliphatic heterocycles. The van der Waals surface area contributed by atoms with Crippen LogP contribution in [0.4, 0.5) is 0 Å². The fourth-order valence-electron chi connectivity index (χ4n) is 2.53. The summed E-state index contributed by atoms with van der Waals surface area (Å²) in [5.74, 6) is 0.250. The summed E-state index contributed by atoms with van der Waals surface area (Å²) in [5.41, 5.74) is 1.18. The van der Waals surface area contributed by atoms with Crippen molar-refractivity contribution in [2.45, 2.75) is 38.8 Å². The average molecular weight is 281 g/mol. The van der Waals surface area contributed by atoms with E-state index in [9.17, 15) is 4.79 Å². The molecule has 1 aliphatic rings. The van der Waals surface area contributed by atoms with Crippen molar-refractivity contribution in [1.29, 1.82) is 0 Å². The summed E-state index contributed by atoms with van der Waals surface area (Å²) >= 11 is 5.96. The van der Waals surface area contributed by atoms with Crippen LogP contribution in [0.3, 0.4) is 0 Å². The number of nitrogens with zero attached hydrogens (tertiary/aromatic N) is 1. The van der Waals surface area contributed by atoms with E-state index < -0.39 is 0 Å². The van der Waals surface area contributed by atoms with Crippen molar-refractivity contribution in [3.8, 4) is 0 Å². The molecule has 1 fully saturated rings. The molecule has 1 atom stereocenters. The lowest BCUT2D eigenvalue weighted by Crippen LogP contribution is -2.37. The first-order valence-corrected chi connectivity index (χ1v) is 7.20. The topological polar surface area (TPSA) is 32.3 Å². The fourth-order valence-corrected chi connectivity index (χ4v) is 2.74. The largest absolute Gasteiger partial charge is 0.341 e. The van der Waals surface area contributed by atoms with Gasteiger partial charge >= 0.3 is 0 Å². The van der Waals surface area contributed by atoms with E-state index in [1.807, 2.05) is 23.1 Å². The number of rotatable bonds is 5. The Kier molecular flexibility index (Phi) is 4.83. The molecule has 1 aromatic carbocycles. The Hall–Kier alpha value is -1.06. The van der Waals surface area contributed by atoms with Crippen LogP contribution in [0.25, 0.3) is 0 Å². The molecule has 2 rings (SSSR count). The van der Waals surface area contributed by atoms with Gasteiger partial charge in [0, 0.05) is 36.6 Å². The Morgan fingerprint density at radius 3 is 2.95 bits per heavy atom. The van der Waals surface area contributed by atoms with Gasteiger partial charge in [0.05, 0.1) is 0 Å². The monoisotopic (exact) mass is 280 g/mol. The molecule has 0 radical (unpaired) electrons. The second-order valence-electron chi connectivity index (χ2n) is 5.44. The van der Waals surface area contributed by atoms with Crippen molar-refractivity contribution in [3.05, 3.63) is 34.9 Å². The van der Waals surface area contributed by atoms with Crippen LogP contribution < -0.4 is 5.32 Å². The highest BCUT2D eigenvalue weighted by molar-refractivity contribution is 6.30. The van der Waals surface area contributed by atoms with Crippen LogP contribution in [-0.2, 0) is 11.2 Å². The smallest absolute Gasteiger partial charge is 0.224 e. The molecule has 0 aliphatic carbocycles. The minimum atomic E-state index is 0.250. The van der Waals surface area contributed by atoms with Gasteiger partial charge in [0.2, 0.25) is 5.91 Å². The highest BCUT2D eigenvalue weighted by Crippen LogP contribution is 2.15. The van der Waals surface area contributed by atoms with E-state index in [4.69, 9.17) is 11.6 Å². The van der Waals surface area contributed by atoms with Gasteiger partial charge in [-0.3, -0.25) is 4.79 Å². The molecule has 0 bridgehead atoms. The molecule has 1 N–H and O–H groups in total. The fraction of sp³-hybridized carbons (Fsp3) is 0.533. The lowest BCUT2D eigenvalue weighted by Gasteiger charge is -2.18. The van der Waals surface area contributed by atoms with Crippen LogP contribution in [0.5, 0.6) is 0 Å². The first-order chi connectivity index (χ1) is 9.04. The van der Waals surface area contributed by atoms with Gasteiger partial charge in [0.1, 0.15) is 0 Å². The average Bonchev–Trinajstić information content (AvgIpc) is 2.66. The third-order valence-corrected chi connectivity index (χ3v) is 3.58. The summed E-state index contributed by atoms with van der Waals surface area (Å²) < 4.78 is 0. The van der Waals surface area contributed by atoms with Gasteiger partial charge in [-0.15, -0.1) is 0 Å². The van der Waals surface area contributed by atoms with E-state index in [0.29, 0.717) is 18.5 Å². The van der Waals surface area contributed by atoms with E-state index in [1.54, 1.807) is 0 Å². The zero-order valence-corrected chi connectivity index (χ0v) is 12.3. The van der Waals surface area contributed by atoms with Crippen LogP contribution in [-0.4, -0.2) is 36.0 Å². The van der Waals surface area contributed by atoms with Crippen molar-refractivity contribution in [3.63, 3.8) is 0 Å². The highest BCUT2D eigenvalue weighted by atomic mass is 35.5. The van der Waals surface area contributed by atoms with Gasteiger partial charge in [-0.1, -0.05) is 37.6 Å². The number of nitrogens with one attached hydrogen (secondary N) is 1. The molecule has 0 spiro atoms. The van der Waals surface area contributed by atoms with Gasteiger partial charge in [-0.2, -0.15) is 0 Å². The van der Waals surface area contributed by atoms with E-state index in [0.717, 1.165) is 24.5 Å². The minimum Gasteiger partial charge on any atom is -0.341 e. The highest BCUT2D eigenvalue weighted by Gasteiger charge is 2.29. The van der Waals surface area contributed by atoms with Crippen LogP contribution in [0, 0.1) is 0 Å². The van der Waals surface area contributed by atoms with Crippen LogP contribution >= 0.6 is 11.6 Å². The summed E-state index contributed by atoms with van der Waals surface area (Å²) in [4.78, 5) is 13.9. The summed E-state index contributed by atoms with van der Waals surface area (Å²) in [6.45, 7) is 5.81. The zero-order chi connectivity index (χ0) is 13.8. The molecule has 1 amide bonds. The Balaban J connectivity index is 1.85. The SMILES string of the molecule is CC(C)N[C@H]1CC(=O)N(CCc2cccc(Cl)c2)C1. The van der Waals surface area contributed by atoms with Gasteiger partial charge in [-0.25, -0.2) is 0 Å². The number of hydrogen-bond acceptors (Lipinski definition) is 2. The first-order valence-electron chi connectivity index (χ1n) is 6.83. The van der Waals surface area contributed by atoms with E-state index in [-0.39, 0.29) is 5.91 Å². The van der Waals surface area contributed by atoms with Gasteiger partial charge in [0.15, 0.2) is 0 Å². The zero-order valence-electron chi connectivity index (χ0n) is 11.5. The third-order valence-electron chi connectivity index (χ3n) is 3.34. The number of hydrogen-bond donors (Lipinski definition) is 1. The van der Waals surface area contributed by atoms with Gasteiger partial charge in [0.25, 0.3) is 0 Å². The number of carbonyl (C=O) groups excluding carboxylic acids is 1. The van der Waals surface area contributed by atoms with Crippen molar-refractivity contribution >= 4 is 17.5 Å². The lowest BCUT2D eigenvalue weighted by atomic mass is 10.1. The summed E-state index contributed by atoms with van der Waals surface area (Å²) in [5, 5.41) is 4.18. The molecule has 0 unspecified atom stereocenters. The van der Waals surface area contributed by atoms with Crippen LogP contribution in [0.2, 0.25) is 5.02 Å². The molecule has 4 heteroatoms. The van der Waals surface area contributed by atoms with Crippen molar-refractivity contribution in [2.75, 3.05) is 13.1 Å². The molecular formula is C15H21ClN2O. The normalized spacial score (nSPS) is 19.5. The molecule has 19 heavy (non-hydrogen) atoms. The van der Waals surface area contributed by atoms with E-state index >= 15 is 0 Å². The maximum absolute atomic E-state index is 11.9. The van der Waals surface area contributed by atoms with E-state index in [2.05, 4.69) is 25.2 Å².